The van der Waals surface area contributed by atoms with Crippen molar-refractivity contribution in [3.8, 4) is 16.7 Å². The summed E-state index contributed by atoms with van der Waals surface area (Å²) < 4.78 is 12.9. The summed E-state index contributed by atoms with van der Waals surface area (Å²) in [6, 6.07) is 15.8. The fraction of sp³-hybridized carbons (Fsp3) is 0.391. The highest BCUT2D eigenvalue weighted by Crippen LogP contribution is 2.31. The molecule has 3 aromatic rings. The maximum atomic E-state index is 11.1. The molecule has 7 nitrogen and oxygen atoms in total. The molecule has 31 heavy (non-hydrogen) atoms. The fourth-order valence-corrected chi connectivity index (χ4v) is 4.64. The Balaban J connectivity index is 1.20. The maximum absolute atomic E-state index is 11.1. The van der Waals surface area contributed by atoms with Crippen LogP contribution in [0.1, 0.15) is 12.8 Å². The predicted molar refractivity (Wildman–Crippen MR) is 121 cm³/mol. The molecule has 1 aliphatic heterocycles. The van der Waals surface area contributed by atoms with Crippen LogP contribution >= 0.6 is 11.3 Å². The molecule has 0 radical (unpaired) electrons. The van der Waals surface area contributed by atoms with Gasteiger partial charge < -0.3 is 19.5 Å². The van der Waals surface area contributed by atoms with Crippen molar-refractivity contribution in [1.82, 2.24) is 14.8 Å². The maximum Gasteiger partial charge on any atom is 0.279 e. The molecule has 1 fully saturated rings. The number of ether oxygens (including phenoxy) is 2. The Kier molecular flexibility index (Phi) is 7.35. The van der Waals surface area contributed by atoms with E-state index in [0.717, 1.165) is 60.6 Å². The molecule has 1 aliphatic rings. The molecule has 2 aromatic carbocycles. The molecular weight excluding hydrogens is 414 g/mol. The van der Waals surface area contributed by atoms with Crippen LogP contribution in [0.4, 0.5) is 0 Å². The van der Waals surface area contributed by atoms with Crippen molar-refractivity contribution in [2.45, 2.75) is 18.9 Å². The Morgan fingerprint density at radius 3 is 2.58 bits per heavy atom. The summed E-state index contributed by atoms with van der Waals surface area (Å²) in [5.74, 6) is 1.54. The molecule has 164 valence electrons. The summed E-state index contributed by atoms with van der Waals surface area (Å²) in [6.45, 7) is 3.74. The molecule has 0 spiro atoms. The molecule has 8 heteroatoms. The Hall–Kier alpha value is -2.68. The molecule has 1 N–H and O–H groups in total. The quantitative estimate of drug-likeness (QED) is 0.486. The number of aromatic nitrogens is 1. The van der Waals surface area contributed by atoms with E-state index in [9.17, 15) is 4.79 Å². The largest absolute Gasteiger partial charge is 0.492 e. The van der Waals surface area contributed by atoms with Crippen LogP contribution in [-0.2, 0) is 4.79 Å². The van der Waals surface area contributed by atoms with Gasteiger partial charge in [0.2, 0.25) is 6.41 Å². The topological polar surface area (TPSA) is 75.1 Å². The third kappa shape index (κ3) is 5.72. The van der Waals surface area contributed by atoms with Crippen LogP contribution in [0.25, 0.3) is 10.2 Å². The number of hydrogen-bond donors (Lipinski definition) is 1. The molecule has 4 rings (SSSR count). The predicted octanol–water partition coefficient (Wildman–Crippen LogP) is 3.38. The third-order valence-electron chi connectivity index (χ3n) is 5.50. The van der Waals surface area contributed by atoms with Gasteiger partial charge in [0.1, 0.15) is 18.1 Å². The van der Waals surface area contributed by atoms with E-state index in [0.29, 0.717) is 18.3 Å². The fourth-order valence-electron chi connectivity index (χ4n) is 3.80. The monoisotopic (exact) mass is 441 g/mol. The van der Waals surface area contributed by atoms with Gasteiger partial charge in [0.25, 0.3) is 5.19 Å². The number of amides is 1. The molecule has 0 atom stereocenters. The molecule has 0 bridgehead atoms. The molecule has 1 aromatic heterocycles. The Morgan fingerprint density at radius 1 is 1.13 bits per heavy atom. The van der Waals surface area contributed by atoms with Crippen molar-refractivity contribution in [3.63, 3.8) is 0 Å². The number of carbonyl (C=O) groups is 1. The van der Waals surface area contributed by atoms with Crippen LogP contribution < -0.4 is 9.47 Å². The molecular formula is C23H27N3O4S. The van der Waals surface area contributed by atoms with Crippen molar-refractivity contribution >= 4 is 28.0 Å². The lowest BCUT2D eigenvalue weighted by Crippen LogP contribution is -2.46. The first-order chi connectivity index (χ1) is 15.2. The Labute approximate surface area is 185 Å². The van der Waals surface area contributed by atoms with Crippen LogP contribution in [0.15, 0.2) is 48.5 Å². The lowest BCUT2D eigenvalue weighted by atomic mass is 10.0. The zero-order valence-corrected chi connectivity index (χ0v) is 18.2. The molecule has 2 heterocycles. The first-order valence-electron chi connectivity index (χ1n) is 10.6. The number of nitrogens with zero attached hydrogens (tertiary/aromatic N) is 3. The van der Waals surface area contributed by atoms with Gasteiger partial charge in [-0.2, -0.15) is 0 Å². The zero-order chi connectivity index (χ0) is 21.5. The van der Waals surface area contributed by atoms with E-state index >= 15 is 0 Å². The van der Waals surface area contributed by atoms with E-state index in [-0.39, 0.29) is 12.6 Å². The van der Waals surface area contributed by atoms with Crippen molar-refractivity contribution in [1.29, 1.82) is 0 Å². The van der Waals surface area contributed by atoms with Gasteiger partial charge in [-0.15, -0.1) is 0 Å². The highest BCUT2D eigenvalue weighted by molar-refractivity contribution is 7.20. The number of likely N-dealkylation sites (tertiary alicyclic amines) is 1. The molecule has 0 saturated carbocycles. The van der Waals surface area contributed by atoms with E-state index < -0.39 is 0 Å². The van der Waals surface area contributed by atoms with E-state index in [1.54, 1.807) is 4.90 Å². The number of aliphatic hydroxyl groups is 1. The second-order valence-corrected chi connectivity index (χ2v) is 8.50. The van der Waals surface area contributed by atoms with Crippen LogP contribution in [-0.4, -0.2) is 71.7 Å². The number of carbonyl (C=O) groups excluding carboxylic acids is 1. The lowest BCUT2D eigenvalue weighted by Gasteiger charge is -2.36. The summed E-state index contributed by atoms with van der Waals surface area (Å²) in [5.41, 5.74) is 0.943. The average Bonchev–Trinajstić information content (AvgIpc) is 3.21. The van der Waals surface area contributed by atoms with Crippen molar-refractivity contribution < 1.29 is 19.4 Å². The number of para-hydroxylation sites is 1. The summed E-state index contributed by atoms with van der Waals surface area (Å²) >= 11 is 1.53. The Bertz CT molecular complexity index is 937. The average molecular weight is 442 g/mol. The highest BCUT2D eigenvalue weighted by atomic mass is 32.1. The van der Waals surface area contributed by atoms with E-state index in [2.05, 4.69) is 9.88 Å². The smallest absolute Gasteiger partial charge is 0.279 e. The van der Waals surface area contributed by atoms with E-state index in [4.69, 9.17) is 14.6 Å². The first-order valence-corrected chi connectivity index (χ1v) is 11.4. The van der Waals surface area contributed by atoms with Gasteiger partial charge in [-0.05, 0) is 49.2 Å². The number of aliphatic hydroxyl groups excluding tert-OH is 1. The van der Waals surface area contributed by atoms with Crippen LogP contribution in [0.5, 0.6) is 16.7 Å². The summed E-state index contributed by atoms with van der Waals surface area (Å²) in [6.07, 6.45) is 2.71. The number of thiazole rings is 1. The number of hydrogen-bond acceptors (Lipinski definition) is 7. The van der Waals surface area contributed by atoms with Gasteiger partial charge in [-0.1, -0.05) is 23.5 Å². The molecule has 1 amide bonds. The third-order valence-corrected chi connectivity index (χ3v) is 6.41. The van der Waals surface area contributed by atoms with Gasteiger partial charge >= 0.3 is 0 Å². The molecule has 1 saturated heterocycles. The van der Waals surface area contributed by atoms with Gasteiger partial charge in [0.05, 0.1) is 16.8 Å². The number of fused-ring (bicyclic) bond motifs is 1. The van der Waals surface area contributed by atoms with Gasteiger partial charge in [-0.3, -0.25) is 9.69 Å². The molecule has 0 aliphatic carbocycles. The van der Waals surface area contributed by atoms with Crippen LogP contribution in [0.2, 0.25) is 0 Å². The standard InChI is InChI=1S/C23H27N3O4S/c27-15-13-26(17-28)18-9-11-25(12-10-18)14-16-29-19-5-7-20(8-6-19)30-23-24-21-3-1-2-4-22(21)31-23/h1-8,17-18,27H,9-16H2. The summed E-state index contributed by atoms with van der Waals surface area (Å²) in [7, 11) is 0. The van der Waals surface area contributed by atoms with Crippen molar-refractivity contribution in [3.05, 3.63) is 48.5 Å². The van der Waals surface area contributed by atoms with Gasteiger partial charge in [0, 0.05) is 32.2 Å². The van der Waals surface area contributed by atoms with E-state index in [1.165, 1.54) is 11.3 Å². The summed E-state index contributed by atoms with van der Waals surface area (Å²) in [5, 5.41) is 9.69. The second kappa shape index (κ2) is 10.6. The minimum atomic E-state index is 0.0111. The minimum absolute atomic E-state index is 0.0111. The SMILES string of the molecule is O=CN(CCO)C1CCN(CCOc2ccc(Oc3nc4ccccc4s3)cc2)CC1. The minimum Gasteiger partial charge on any atom is -0.492 e. The first kappa shape index (κ1) is 21.5. The number of piperidine rings is 1. The number of benzene rings is 2. The highest BCUT2D eigenvalue weighted by Gasteiger charge is 2.23. The lowest BCUT2D eigenvalue weighted by molar-refractivity contribution is -0.121. The van der Waals surface area contributed by atoms with Crippen molar-refractivity contribution in [2.24, 2.45) is 0 Å². The normalized spacial score (nSPS) is 15.1. The van der Waals surface area contributed by atoms with Crippen molar-refractivity contribution in [2.75, 3.05) is 39.4 Å². The zero-order valence-electron chi connectivity index (χ0n) is 17.4. The molecule has 0 unspecified atom stereocenters. The van der Waals surface area contributed by atoms with Crippen LogP contribution in [0, 0.1) is 0 Å². The van der Waals surface area contributed by atoms with Gasteiger partial charge in [-0.25, -0.2) is 4.98 Å². The number of rotatable bonds is 10. The summed E-state index contributed by atoms with van der Waals surface area (Å²) in [4.78, 5) is 19.7. The van der Waals surface area contributed by atoms with E-state index in [1.807, 2.05) is 48.5 Å². The van der Waals surface area contributed by atoms with Gasteiger partial charge in [0.15, 0.2) is 0 Å². The van der Waals surface area contributed by atoms with Crippen LogP contribution in [0.3, 0.4) is 0 Å². The Morgan fingerprint density at radius 2 is 1.87 bits per heavy atom. The second-order valence-electron chi connectivity index (χ2n) is 7.51.